The fourth-order valence-electron chi connectivity index (χ4n) is 1.44. The molecule has 0 aliphatic carbocycles. The van der Waals surface area contributed by atoms with Crippen molar-refractivity contribution in [2.45, 2.75) is 32.7 Å². The molecule has 0 unspecified atom stereocenters. The van der Waals surface area contributed by atoms with Crippen molar-refractivity contribution in [2.24, 2.45) is 0 Å². The van der Waals surface area contributed by atoms with Crippen LogP contribution in [-0.2, 0) is 6.42 Å². The predicted octanol–water partition coefficient (Wildman–Crippen LogP) is 3.80. The van der Waals surface area contributed by atoms with E-state index < -0.39 is 0 Å². The number of rotatable bonds is 4. The second-order valence-electron chi connectivity index (χ2n) is 5.07. The molecule has 1 N–H and O–H groups in total. The molecule has 0 aromatic carbocycles. The van der Waals surface area contributed by atoms with Gasteiger partial charge in [0.2, 0.25) is 0 Å². The molecule has 98 valence electrons. The first-order valence-corrected chi connectivity index (χ1v) is 8.53. The van der Waals surface area contributed by atoms with Gasteiger partial charge in [-0.2, -0.15) is 0 Å². The van der Waals surface area contributed by atoms with Gasteiger partial charge < -0.3 is 5.32 Å². The van der Waals surface area contributed by atoms with Crippen molar-refractivity contribution in [2.75, 3.05) is 6.54 Å². The molecule has 0 saturated carbocycles. The third kappa shape index (κ3) is 4.25. The minimum absolute atomic E-state index is 0.164. The summed E-state index contributed by atoms with van der Waals surface area (Å²) in [5.41, 5.74) is 1.36. The Bertz CT molecular complexity index is 513. The summed E-state index contributed by atoms with van der Waals surface area (Å²) in [4.78, 5) is 0. The molecule has 18 heavy (non-hydrogen) atoms. The van der Waals surface area contributed by atoms with Crippen molar-refractivity contribution < 1.29 is 0 Å². The number of nitrogens with one attached hydrogen (secondary N) is 1. The van der Waals surface area contributed by atoms with E-state index in [1.165, 1.54) is 8.45 Å². The molecule has 3 nitrogen and oxygen atoms in total. The van der Waals surface area contributed by atoms with Crippen LogP contribution in [0.25, 0.3) is 10.6 Å². The Morgan fingerprint density at radius 3 is 2.72 bits per heavy atom. The molecule has 2 aromatic heterocycles. The van der Waals surface area contributed by atoms with E-state index in [0.29, 0.717) is 0 Å². The highest BCUT2D eigenvalue weighted by Gasteiger charge is 2.11. The molecule has 0 aliphatic heterocycles. The van der Waals surface area contributed by atoms with Gasteiger partial charge in [0.05, 0.1) is 2.88 Å². The Morgan fingerprint density at radius 1 is 1.33 bits per heavy atom. The fraction of sp³-hybridized carbons (Fsp3) is 0.500. The number of hydrogen-bond donors (Lipinski definition) is 1. The van der Waals surface area contributed by atoms with E-state index in [1.807, 2.05) is 0 Å². The van der Waals surface area contributed by atoms with Crippen molar-refractivity contribution in [3.8, 4) is 10.6 Å². The summed E-state index contributed by atoms with van der Waals surface area (Å²) in [6, 6.07) is 2.16. The lowest BCUT2D eigenvalue weighted by Gasteiger charge is -2.19. The van der Waals surface area contributed by atoms with E-state index in [1.54, 1.807) is 22.7 Å². The van der Waals surface area contributed by atoms with Crippen molar-refractivity contribution in [3.63, 3.8) is 0 Å². The number of thiophene rings is 1. The predicted molar refractivity (Wildman–Crippen MR) is 87.4 cm³/mol. The summed E-state index contributed by atoms with van der Waals surface area (Å²) in [6.07, 6.45) is 0.941. The molecule has 2 aromatic rings. The van der Waals surface area contributed by atoms with Gasteiger partial charge in [0.25, 0.3) is 0 Å². The maximum Gasteiger partial charge on any atom is 0.148 e. The van der Waals surface area contributed by atoms with E-state index in [2.05, 4.69) is 70.3 Å². The Balaban J connectivity index is 1.94. The minimum atomic E-state index is 0.164. The molecule has 0 amide bonds. The summed E-state index contributed by atoms with van der Waals surface area (Å²) in [5.74, 6) is 0. The number of aromatic nitrogens is 2. The van der Waals surface area contributed by atoms with Crippen LogP contribution in [0.15, 0.2) is 11.4 Å². The van der Waals surface area contributed by atoms with Crippen molar-refractivity contribution in [3.05, 3.63) is 19.3 Å². The van der Waals surface area contributed by atoms with Gasteiger partial charge in [-0.1, -0.05) is 11.3 Å². The van der Waals surface area contributed by atoms with Crippen LogP contribution in [0.3, 0.4) is 0 Å². The molecule has 2 rings (SSSR count). The van der Waals surface area contributed by atoms with Crippen molar-refractivity contribution >= 4 is 45.3 Å². The SMILES string of the molecule is CC(C)(C)NCCc1nnc(-c2csc(I)c2)s1. The van der Waals surface area contributed by atoms with Crippen LogP contribution in [0.2, 0.25) is 0 Å². The highest BCUT2D eigenvalue weighted by molar-refractivity contribution is 14.1. The zero-order chi connectivity index (χ0) is 13.2. The van der Waals surface area contributed by atoms with Crippen molar-refractivity contribution in [1.82, 2.24) is 15.5 Å². The molecule has 0 spiro atoms. The number of halogens is 1. The fourth-order valence-corrected chi connectivity index (χ4v) is 3.67. The highest BCUT2D eigenvalue weighted by atomic mass is 127. The molecule has 0 bridgehead atoms. The largest absolute Gasteiger partial charge is 0.312 e. The topological polar surface area (TPSA) is 37.8 Å². The number of hydrogen-bond acceptors (Lipinski definition) is 5. The zero-order valence-corrected chi connectivity index (χ0v) is 14.4. The monoisotopic (exact) mass is 393 g/mol. The van der Waals surface area contributed by atoms with Gasteiger partial charge in [-0.3, -0.25) is 0 Å². The summed E-state index contributed by atoms with van der Waals surface area (Å²) < 4.78 is 1.29. The lowest BCUT2D eigenvalue weighted by molar-refractivity contribution is 0.429. The van der Waals surface area contributed by atoms with Crippen LogP contribution in [0, 0.1) is 2.88 Å². The normalized spacial score (nSPS) is 12.0. The molecular formula is C12H16IN3S2. The molecule has 0 atom stereocenters. The summed E-state index contributed by atoms with van der Waals surface area (Å²) >= 11 is 5.76. The second-order valence-corrected chi connectivity index (χ2v) is 8.93. The van der Waals surface area contributed by atoms with Crippen molar-refractivity contribution in [1.29, 1.82) is 0 Å². The molecular weight excluding hydrogens is 377 g/mol. The molecule has 6 heteroatoms. The van der Waals surface area contributed by atoms with Crippen LogP contribution in [0.4, 0.5) is 0 Å². The second kappa shape index (κ2) is 5.94. The van der Waals surface area contributed by atoms with Gasteiger partial charge >= 0.3 is 0 Å². The molecule has 0 aliphatic rings. The van der Waals surface area contributed by atoms with Gasteiger partial charge in [0, 0.05) is 29.4 Å². The Morgan fingerprint density at radius 2 is 2.11 bits per heavy atom. The Kier molecular flexibility index (Phi) is 4.74. The lowest BCUT2D eigenvalue weighted by Crippen LogP contribution is -2.37. The molecule has 0 radical (unpaired) electrons. The molecule has 0 fully saturated rings. The highest BCUT2D eigenvalue weighted by Crippen LogP contribution is 2.28. The van der Waals surface area contributed by atoms with Gasteiger partial charge in [-0.25, -0.2) is 0 Å². The quantitative estimate of drug-likeness (QED) is 0.803. The Hall–Kier alpha value is -0.0500. The third-order valence-electron chi connectivity index (χ3n) is 2.28. The lowest BCUT2D eigenvalue weighted by atomic mass is 10.1. The summed E-state index contributed by atoms with van der Waals surface area (Å²) in [6.45, 7) is 7.46. The van der Waals surface area contributed by atoms with E-state index in [4.69, 9.17) is 0 Å². The zero-order valence-electron chi connectivity index (χ0n) is 10.7. The van der Waals surface area contributed by atoms with Crippen LogP contribution in [-0.4, -0.2) is 22.3 Å². The van der Waals surface area contributed by atoms with Gasteiger partial charge in [0.1, 0.15) is 10.0 Å². The Labute approximate surface area is 129 Å². The average molecular weight is 393 g/mol. The first-order valence-electron chi connectivity index (χ1n) is 5.76. The van der Waals surface area contributed by atoms with Crippen LogP contribution in [0.5, 0.6) is 0 Å². The van der Waals surface area contributed by atoms with Crippen LogP contribution in [0.1, 0.15) is 25.8 Å². The first-order chi connectivity index (χ1) is 8.44. The van der Waals surface area contributed by atoms with E-state index in [0.717, 1.165) is 23.0 Å². The average Bonchev–Trinajstić information content (AvgIpc) is 2.85. The molecule has 2 heterocycles. The number of nitrogens with zero attached hydrogens (tertiary/aromatic N) is 2. The van der Waals surface area contributed by atoms with Crippen LogP contribution >= 0.6 is 45.3 Å². The van der Waals surface area contributed by atoms with E-state index in [-0.39, 0.29) is 5.54 Å². The van der Waals surface area contributed by atoms with E-state index >= 15 is 0 Å². The summed E-state index contributed by atoms with van der Waals surface area (Å²) in [7, 11) is 0. The first kappa shape index (κ1) is 14.4. The maximum atomic E-state index is 4.26. The van der Waals surface area contributed by atoms with E-state index in [9.17, 15) is 0 Å². The molecule has 0 saturated heterocycles. The van der Waals surface area contributed by atoms with Crippen LogP contribution < -0.4 is 5.32 Å². The van der Waals surface area contributed by atoms with Gasteiger partial charge in [-0.05, 0) is 49.4 Å². The third-order valence-corrected chi connectivity index (χ3v) is 5.10. The minimum Gasteiger partial charge on any atom is -0.312 e. The standard InChI is InChI=1S/C12H16IN3S2/c1-12(2,3)14-5-4-10-15-16-11(18-10)8-6-9(13)17-7-8/h6-7,14H,4-5H2,1-3H3. The van der Waals surface area contributed by atoms with Gasteiger partial charge in [0.15, 0.2) is 0 Å². The van der Waals surface area contributed by atoms with Gasteiger partial charge in [-0.15, -0.1) is 21.5 Å². The smallest absolute Gasteiger partial charge is 0.148 e. The summed E-state index contributed by atoms with van der Waals surface area (Å²) in [5, 5.41) is 16.2. The maximum absolute atomic E-state index is 4.26.